The summed E-state index contributed by atoms with van der Waals surface area (Å²) in [5.74, 6) is 2.54. The highest BCUT2D eigenvalue weighted by Crippen LogP contribution is 2.68. The minimum Gasteiger partial charge on any atom is -0.469 e. The van der Waals surface area contributed by atoms with Crippen LogP contribution in [0.2, 0.25) is 0 Å². The van der Waals surface area contributed by atoms with Crippen LogP contribution in [-0.2, 0) is 14.3 Å². The number of rotatable bonds is 5. The van der Waals surface area contributed by atoms with E-state index in [1.54, 1.807) is 0 Å². The van der Waals surface area contributed by atoms with Gasteiger partial charge >= 0.3 is 5.97 Å². The van der Waals surface area contributed by atoms with E-state index in [-0.39, 0.29) is 28.6 Å². The number of hydrogen-bond donors (Lipinski definition) is 1. The van der Waals surface area contributed by atoms with Crippen molar-refractivity contribution in [3.05, 3.63) is 0 Å². The number of ketones is 1. The SMILES string of the molecule is COC(=O)CCC(C)[C@H]1CC[C@H]2[C@@H]3C(=O)C(C(C)O)[C@@H]4CCCC[C@]4(C)[C@H]3CC[C@]12C. The number of hydrogen-bond acceptors (Lipinski definition) is 4. The Morgan fingerprint density at radius 3 is 2.42 bits per heavy atom. The molecule has 0 aliphatic heterocycles. The predicted octanol–water partition coefficient (Wildman–Crippen LogP) is 5.41. The molecule has 0 saturated heterocycles. The number of aliphatic hydroxyl groups is 1. The number of methoxy groups -OCH3 is 1. The average molecular weight is 433 g/mol. The number of carbonyl (C=O) groups is 2. The lowest BCUT2D eigenvalue weighted by atomic mass is 9.42. The molecule has 4 nitrogen and oxygen atoms in total. The van der Waals surface area contributed by atoms with Crippen molar-refractivity contribution in [2.45, 2.75) is 98.0 Å². The van der Waals surface area contributed by atoms with Gasteiger partial charge in [-0.3, -0.25) is 9.59 Å². The Morgan fingerprint density at radius 2 is 1.74 bits per heavy atom. The zero-order valence-electron chi connectivity index (χ0n) is 20.4. The van der Waals surface area contributed by atoms with Crippen molar-refractivity contribution in [2.24, 2.45) is 52.3 Å². The first-order chi connectivity index (χ1) is 14.6. The van der Waals surface area contributed by atoms with Crippen LogP contribution in [0.1, 0.15) is 91.9 Å². The van der Waals surface area contributed by atoms with E-state index < -0.39 is 6.10 Å². The Hall–Kier alpha value is -0.900. The lowest BCUT2D eigenvalue weighted by molar-refractivity contribution is -0.175. The second-order valence-corrected chi connectivity index (χ2v) is 12.1. The van der Waals surface area contributed by atoms with Crippen LogP contribution in [-0.4, -0.2) is 30.1 Å². The van der Waals surface area contributed by atoms with Crippen LogP contribution in [0.25, 0.3) is 0 Å². The van der Waals surface area contributed by atoms with Crippen molar-refractivity contribution in [3.63, 3.8) is 0 Å². The minimum absolute atomic E-state index is 0.117. The monoisotopic (exact) mass is 432 g/mol. The van der Waals surface area contributed by atoms with Crippen molar-refractivity contribution in [1.82, 2.24) is 0 Å². The highest BCUT2D eigenvalue weighted by molar-refractivity contribution is 5.86. The molecular formula is C27H44O4. The van der Waals surface area contributed by atoms with Crippen LogP contribution >= 0.6 is 0 Å². The largest absolute Gasteiger partial charge is 0.469 e. The van der Waals surface area contributed by atoms with Gasteiger partial charge in [-0.1, -0.05) is 33.6 Å². The second kappa shape index (κ2) is 8.47. The third kappa shape index (κ3) is 3.60. The molecule has 4 aliphatic carbocycles. The van der Waals surface area contributed by atoms with Gasteiger partial charge in [-0.15, -0.1) is 0 Å². The summed E-state index contributed by atoms with van der Waals surface area (Å²) in [5.41, 5.74) is 0.377. The molecule has 0 aromatic rings. The molecule has 176 valence electrons. The summed E-state index contributed by atoms with van der Waals surface area (Å²) in [6.07, 6.45) is 10.3. The molecule has 0 aromatic carbocycles. The summed E-state index contributed by atoms with van der Waals surface area (Å²) in [5, 5.41) is 10.7. The van der Waals surface area contributed by atoms with Crippen molar-refractivity contribution in [2.75, 3.05) is 7.11 Å². The molecule has 4 heteroatoms. The van der Waals surface area contributed by atoms with Gasteiger partial charge in [0.2, 0.25) is 0 Å². The van der Waals surface area contributed by atoms with Crippen molar-refractivity contribution in [1.29, 1.82) is 0 Å². The number of carbonyl (C=O) groups excluding carboxylic acids is 2. The molecule has 10 atom stereocenters. The maximum absolute atomic E-state index is 14.0. The lowest BCUT2D eigenvalue weighted by Crippen LogP contribution is -2.61. The van der Waals surface area contributed by atoms with Crippen LogP contribution < -0.4 is 0 Å². The molecule has 31 heavy (non-hydrogen) atoms. The molecule has 1 N–H and O–H groups in total. The summed E-state index contributed by atoms with van der Waals surface area (Å²) in [4.78, 5) is 25.7. The van der Waals surface area contributed by atoms with Crippen LogP contribution in [0.4, 0.5) is 0 Å². The summed E-state index contributed by atoms with van der Waals surface area (Å²) in [6.45, 7) is 9.06. The van der Waals surface area contributed by atoms with Crippen molar-refractivity contribution in [3.8, 4) is 0 Å². The topological polar surface area (TPSA) is 63.6 Å². The third-order valence-corrected chi connectivity index (χ3v) is 10.8. The highest BCUT2D eigenvalue weighted by Gasteiger charge is 2.65. The zero-order chi connectivity index (χ0) is 22.6. The molecule has 0 bridgehead atoms. The van der Waals surface area contributed by atoms with E-state index in [2.05, 4.69) is 20.8 Å². The van der Waals surface area contributed by atoms with Gasteiger partial charge < -0.3 is 9.84 Å². The third-order valence-electron chi connectivity index (χ3n) is 10.8. The number of ether oxygens (including phenoxy) is 1. The van der Waals surface area contributed by atoms with Crippen LogP contribution in [0.5, 0.6) is 0 Å². The first-order valence-corrected chi connectivity index (χ1v) is 12.9. The minimum atomic E-state index is -0.541. The van der Waals surface area contributed by atoms with E-state index in [0.717, 1.165) is 25.7 Å². The quantitative estimate of drug-likeness (QED) is 0.590. The smallest absolute Gasteiger partial charge is 0.305 e. The van der Waals surface area contributed by atoms with E-state index >= 15 is 0 Å². The number of aliphatic hydroxyl groups excluding tert-OH is 1. The molecule has 0 spiro atoms. The van der Waals surface area contributed by atoms with Gasteiger partial charge in [0.1, 0.15) is 5.78 Å². The van der Waals surface area contributed by atoms with Gasteiger partial charge in [0.25, 0.3) is 0 Å². The van der Waals surface area contributed by atoms with Gasteiger partial charge in [0.15, 0.2) is 0 Å². The molecule has 4 fully saturated rings. The standard InChI is InChI=1S/C27H44O4/c1-16(9-12-22(29)31-5)18-10-11-20-24-21(13-15-27(18,20)4)26(3)14-7-6-8-19(26)23(17(2)28)25(24)30/h16-21,23-24,28H,6-15H2,1-5H3/t16?,17?,18-,19+,20+,21+,23?,24+,26+,27-/m1/s1. The lowest BCUT2D eigenvalue weighted by Gasteiger charge is -2.62. The summed E-state index contributed by atoms with van der Waals surface area (Å²) in [7, 11) is 1.47. The maximum atomic E-state index is 14.0. The summed E-state index contributed by atoms with van der Waals surface area (Å²) < 4.78 is 4.87. The molecule has 4 aliphatic rings. The summed E-state index contributed by atoms with van der Waals surface area (Å²) in [6, 6.07) is 0. The van der Waals surface area contributed by atoms with Crippen molar-refractivity contribution < 1.29 is 19.4 Å². The Balaban J connectivity index is 1.61. The molecule has 0 aromatic heterocycles. The zero-order valence-corrected chi connectivity index (χ0v) is 20.4. The van der Waals surface area contributed by atoms with E-state index in [1.165, 1.54) is 39.2 Å². The van der Waals surface area contributed by atoms with E-state index in [9.17, 15) is 14.7 Å². The highest BCUT2D eigenvalue weighted by atomic mass is 16.5. The summed E-state index contributed by atoms with van der Waals surface area (Å²) >= 11 is 0. The van der Waals surface area contributed by atoms with E-state index in [4.69, 9.17) is 4.74 Å². The predicted molar refractivity (Wildman–Crippen MR) is 121 cm³/mol. The fourth-order valence-electron chi connectivity index (χ4n) is 9.33. The molecular weight excluding hydrogens is 388 g/mol. The van der Waals surface area contributed by atoms with Gasteiger partial charge in [-0.2, -0.15) is 0 Å². The van der Waals surface area contributed by atoms with Gasteiger partial charge in [-0.05, 0) is 92.3 Å². The van der Waals surface area contributed by atoms with Crippen LogP contribution in [0, 0.1) is 52.3 Å². The molecule has 4 rings (SSSR count). The number of fused-ring (bicyclic) bond motifs is 5. The second-order valence-electron chi connectivity index (χ2n) is 12.1. The fraction of sp³-hybridized carbons (Fsp3) is 0.926. The Bertz CT molecular complexity index is 701. The number of esters is 1. The molecule has 4 saturated carbocycles. The molecule has 0 amide bonds. The Kier molecular flexibility index (Phi) is 6.35. The molecule has 0 radical (unpaired) electrons. The Labute approximate surface area is 188 Å². The van der Waals surface area contributed by atoms with E-state index in [1.807, 2.05) is 6.92 Å². The Morgan fingerprint density at radius 1 is 1.03 bits per heavy atom. The average Bonchev–Trinajstić information content (AvgIpc) is 3.09. The van der Waals surface area contributed by atoms with Gasteiger partial charge in [0.05, 0.1) is 13.2 Å². The fourth-order valence-corrected chi connectivity index (χ4v) is 9.33. The molecule has 3 unspecified atom stereocenters. The van der Waals surface area contributed by atoms with Gasteiger partial charge in [0, 0.05) is 18.3 Å². The van der Waals surface area contributed by atoms with Crippen molar-refractivity contribution >= 4 is 11.8 Å². The van der Waals surface area contributed by atoms with E-state index in [0.29, 0.717) is 41.8 Å². The molecule has 0 heterocycles. The van der Waals surface area contributed by atoms with Crippen LogP contribution in [0.3, 0.4) is 0 Å². The van der Waals surface area contributed by atoms with Gasteiger partial charge in [-0.25, -0.2) is 0 Å². The number of Topliss-reactive ketones (excluding diaryl/α,β-unsaturated/α-hetero) is 1. The first kappa shape index (κ1) is 23.3. The van der Waals surface area contributed by atoms with Crippen LogP contribution in [0.15, 0.2) is 0 Å². The normalized spacial score (nSPS) is 46.5. The first-order valence-electron chi connectivity index (χ1n) is 12.9. The maximum Gasteiger partial charge on any atom is 0.305 e.